The summed E-state index contributed by atoms with van der Waals surface area (Å²) in [6.07, 6.45) is 1.26. The van der Waals surface area contributed by atoms with E-state index in [9.17, 15) is 9.90 Å². The van der Waals surface area contributed by atoms with Crippen LogP contribution in [0, 0.1) is 6.92 Å². The van der Waals surface area contributed by atoms with Crippen molar-refractivity contribution in [3.05, 3.63) is 35.4 Å². The third-order valence-corrected chi connectivity index (χ3v) is 3.28. The van der Waals surface area contributed by atoms with Gasteiger partial charge in [-0.15, -0.1) is 0 Å². The van der Waals surface area contributed by atoms with Crippen molar-refractivity contribution in [3.63, 3.8) is 0 Å². The monoisotopic (exact) mass is 206 g/mol. The van der Waals surface area contributed by atoms with Crippen molar-refractivity contribution in [1.29, 1.82) is 0 Å². The van der Waals surface area contributed by atoms with Gasteiger partial charge < -0.3 is 5.11 Å². The van der Waals surface area contributed by atoms with Crippen molar-refractivity contribution >= 4 is 5.97 Å². The number of carboxylic acid groups (broad SMARTS) is 1. The number of aliphatic carboxylic acids is 1. The van der Waals surface area contributed by atoms with E-state index in [0.29, 0.717) is 12.8 Å². The van der Waals surface area contributed by atoms with Crippen LogP contribution in [-0.2, 0) is 10.2 Å². The smallest absolute Gasteiger partial charge is 0.314 e. The Labute approximate surface area is 90.9 Å². The van der Waals surface area contributed by atoms with Gasteiger partial charge in [0.15, 0.2) is 0 Å². The second-order valence-electron chi connectivity index (χ2n) is 3.91. The topological polar surface area (TPSA) is 37.3 Å². The summed E-state index contributed by atoms with van der Waals surface area (Å²) in [5.74, 6) is -0.721. The first kappa shape index (κ1) is 11.8. The Morgan fingerprint density at radius 2 is 1.80 bits per heavy atom. The average molecular weight is 206 g/mol. The highest BCUT2D eigenvalue weighted by Gasteiger charge is 2.37. The Bertz CT molecular complexity index is 351. The maximum absolute atomic E-state index is 11.4. The quantitative estimate of drug-likeness (QED) is 0.821. The molecule has 1 rings (SSSR count). The van der Waals surface area contributed by atoms with E-state index in [4.69, 9.17) is 0 Å². The van der Waals surface area contributed by atoms with E-state index in [2.05, 4.69) is 0 Å². The molecule has 1 N–H and O–H groups in total. The Balaban J connectivity index is 3.33. The second-order valence-corrected chi connectivity index (χ2v) is 3.91. The molecule has 0 radical (unpaired) electrons. The molecule has 2 nitrogen and oxygen atoms in total. The minimum Gasteiger partial charge on any atom is -0.481 e. The third kappa shape index (κ3) is 1.89. The molecule has 82 valence electrons. The van der Waals surface area contributed by atoms with Gasteiger partial charge in [0.2, 0.25) is 0 Å². The number of benzene rings is 1. The summed E-state index contributed by atoms with van der Waals surface area (Å²) in [7, 11) is 0. The fraction of sp³-hybridized carbons (Fsp3) is 0.462. The Morgan fingerprint density at radius 3 is 2.20 bits per heavy atom. The lowest BCUT2D eigenvalue weighted by molar-refractivity contribution is -0.144. The van der Waals surface area contributed by atoms with Crippen molar-refractivity contribution in [2.75, 3.05) is 0 Å². The van der Waals surface area contributed by atoms with Gasteiger partial charge in [0.25, 0.3) is 0 Å². The molecule has 0 unspecified atom stereocenters. The van der Waals surface area contributed by atoms with Crippen LogP contribution in [0.4, 0.5) is 0 Å². The third-order valence-electron chi connectivity index (χ3n) is 3.28. The number of carboxylic acids is 1. The molecule has 0 fully saturated rings. The molecule has 0 saturated carbocycles. The van der Waals surface area contributed by atoms with E-state index >= 15 is 0 Å². The summed E-state index contributed by atoms with van der Waals surface area (Å²) in [5.41, 5.74) is 1.29. The number of hydrogen-bond donors (Lipinski definition) is 1. The summed E-state index contributed by atoms with van der Waals surface area (Å²) in [4.78, 5) is 11.4. The molecule has 1 aromatic rings. The van der Waals surface area contributed by atoms with E-state index in [1.165, 1.54) is 0 Å². The summed E-state index contributed by atoms with van der Waals surface area (Å²) < 4.78 is 0. The molecule has 2 heteroatoms. The minimum atomic E-state index is -0.721. The molecule has 15 heavy (non-hydrogen) atoms. The first-order valence-electron chi connectivity index (χ1n) is 5.38. The number of carbonyl (C=O) groups is 1. The molecule has 0 atom stereocenters. The predicted octanol–water partition coefficient (Wildman–Crippen LogP) is 3.14. The molecule has 0 aliphatic heterocycles. The van der Waals surface area contributed by atoms with E-state index in [-0.39, 0.29) is 0 Å². The number of aryl methyl sites for hydroxylation is 1. The number of hydrogen-bond acceptors (Lipinski definition) is 1. The zero-order valence-electron chi connectivity index (χ0n) is 9.58. The summed E-state index contributed by atoms with van der Waals surface area (Å²) in [6, 6.07) is 7.75. The molecular formula is C13H18O2. The molecular weight excluding hydrogens is 188 g/mol. The molecule has 0 amide bonds. The largest absolute Gasteiger partial charge is 0.481 e. The highest BCUT2D eigenvalue weighted by atomic mass is 16.4. The van der Waals surface area contributed by atoms with E-state index in [0.717, 1.165) is 11.1 Å². The van der Waals surface area contributed by atoms with Crippen LogP contribution in [0.15, 0.2) is 24.3 Å². The summed E-state index contributed by atoms with van der Waals surface area (Å²) in [5, 5.41) is 9.40. The normalized spacial score (nSPS) is 11.4. The summed E-state index contributed by atoms with van der Waals surface area (Å²) >= 11 is 0. The van der Waals surface area contributed by atoms with Gasteiger partial charge in [-0.05, 0) is 30.9 Å². The van der Waals surface area contributed by atoms with Crippen molar-refractivity contribution in [2.45, 2.75) is 39.0 Å². The fourth-order valence-corrected chi connectivity index (χ4v) is 2.16. The number of rotatable bonds is 4. The highest BCUT2D eigenvalue weighted by molar-refractivity contribution is 5.81. The zero-order chi connectivity index (χ0) is 11.5. The van der Waals surface area contributed by atoms with Crippen molar-refractivity contribution in [3.8, 4) is 0 Å². The zero-order valence-corrected chi connectivity index (χ0v) is 9.58. The van der Waals surface area contributed by atoms with Gasteiger partial charge in [-0.2, -0.15) is 0 Å². The van der Waals surface area contributed by atoms with Gasteiger partial charge in [-0.25, -0.2) is 0 Å². The maximum Gasteiger partial charge on any atom is 0.314 e. The minimum absolute atomic E-state index is 0.629. The van der Waals surface area contributed by atoms with Crippen LogP contribution >= 0.6 is 0 Å². The molecule has 0 bridgehead atoms. The van der Waals surface area contributed by atoms with Gasteiger partial charge in [-0.1, -0.05) is 38.1 Å². The Kier molecular flexibility index (Phi) is 3.51. The lowest BCUT2D eigenvalue weighted by Gasteiger charge is -2.28. The molecule has 0 aliphatic carbocycles. The second kappa shape index (κ2) is 4.47. The Morgan fingerprint density at radius 1 is 1.27 bits per heavy atom. The molecule has 0 aromatic heterocycles. The first-order chi connectivity index (χ1) is 7.08. The van der Waals surface area contributed by atoms with Gasteiger partial charge in [-0.3, -0.25) is 4.79 Å². The molecule has 1 aromatic carbocycles. The lowest BCUT2D eigenvalue weighted by atomic mass is 9.74. The first-order valence-corrected chi connectivity index (χ1v) is 5.38. The van der Waals surface area contributed by atoms with Crippen LogP contribution in [-0.4, -0.2) is 11.1 Å². The van der Waals surface area contributed by atoms with E-state index < -0.39 is 11.4 Å². The molecule has 0 aliphatic rings. The lowest BCUT2D eigenvalue weighted by Crippen LogP contribution is -2.35. The van der Waals surface area contributed by atoms with Gasteiger partial charge in [0.1, 0.15) is 0 Å². The molecule has 0 heterocycles. The molecule has 0 spiro atoms. The van der Waals surface area contributed by atoms with Crippen LogP contribution in [0.2, 0.25) is 0 Å². The van der Waals surface area contributed by atoms with Crippen LogP contribution in [0.5, 0.6) is 0 Å². The standard InChI is InChI=1S/C13H18O2/c1-4-13(5-2,12(14)15)11-9-7-6-8-10(11)3/h6-9H,4-5H2,1-3H3,(H,14,15). The van der Waals surface area contributed by atoms with Crippen molar-refractivity contribution in [1.82, 2.24) is 0 Å². The predicted molar refractivity (Wildman–Crippen MR) is 61.1 cm³/mol. The average Bonchev–Trinajstić information content (AvgIpc) is 2.22. The maximum atomic E-state index is 11.4. The van der Waals surface area contributed by atoms with Gasteiger partial charge >= 0.3 is 5.97 Å². The van der Waals surface area contributed by atoms with Gasteiger partial charge in [0.05, 0.1) is 5.41 Å². The van der Waals surface area contributed by atoms with Gasteiger partial charge in [0, 0.05) is 0 Å². The van der Waals surface area contributed by atoms with Crippen molar-refractivity contribution in [2.24, 2.45) is 0 Å². The Hall–Kier alpha value is -1.31. The SMILES string of the molecule is CCC(CC)(C(=O)O)c1ccccc1C. The van der Waals surface area contributed by atoms with Crippen LogP contribution in [0.25, 0.3) is 0 Å². The highest BCUT2D eigenvalue weighted by Crippen LogP contribution is 2.33. The fourth-order valence-electron chi connectivity index (χ4n) is 2.16. The van der Waals surface area contributed by atoms with Crippen LogP contribution < -0.4 is 0 Å². The van der Waals surface area contributed by atoms with E-state index in [1.807, 2.05) is 45.0 Å². The molecule has 0 saturated heterocycles. The van der Waals surface area contributed by atoms with Crippen molar-refractivity contribution < 1.29 is 9.90 Å². The summed E-state index contributed by atoms with van der Waals surface area (Å²) in [6.45, 7) is 5.84. The van der Waals surface area contributed by atoms with Crippen LogP contribution in [0.3, 0.4) is 0 Å². The van der Waals surface area contributed by atoms with Crippen LogP contribution in [0.1, 0.15) is 37.8 Å². The van der Waals surface area contributed by atoms with E-state index in [1.54, 1.807) is 0 Å².